The van der Waals surface area contributed by atoms with E-state index in [-0.39, 0.29) is 30.0 Å². The smallest absolute Gasteiger partial charge is 0.275 e. The minimum atomic E-state index is -0.701. The molecule has 0 atom stereocenters. The summed E-state index contributed by atoms with van der Waals surface area (Å²) in [6.45, 7) is 5.64. The number of aliphatic hydroxyl groups is 1. The van der Waals surface area contributed by atoms with Crippen LogP contribution in [0.25, 0.3) is 10.8 Å². The van der Waals surface area contributed by atoms with Crippen LogP contribution in [0, 0.1) is 0 Å². The molecule has 0 saturated heterocycles. The van der Waals surface area contributed by atoms with Crippen LogP contribution in [0.3, 0.4) is 0 Å². The molecule has 1 fully saturated rings. The Morgan fingerprint density at radius 1 is 1.44 bits per heavy atom. The standard InChI is InChI=1S/C18H22BrN3O3/c1-10(2)16-13-5-4-11(19)6-14(13)17(24)22(21-16)9-15(23)20-12-7-18(3,25)8-12/h4-6,10,12,25H,7-9H2,1-3H3,(H,20,23)/t12-,18-. The van der Waals surface area contributed by atoms with E-state index < -0.39 is 5.60 Å². The van der Waals surface area contributed by atoms with Crippen LogP contribution in [0.1, 0.15) is 45.2 Å². The molecule has 0 radical (unpaired) electrons. The number of benzene rings is 1. The fraction of sp³-hybridized carbons (Fsp3) is 0.500. The topological polar surface area (TPSA) is 84.2 Å². The van der Waals surface area contributed by atoms with Gasteiger partial charge in [0.2, 0.25) is 5.91 Å². The molecule has 2 N–H and O–H groups in total. The minimum Gasteiger partial charge on any atom is -0.390 e. The fourth-order valence-corrected chi connectivity index (χ4v) is 3.69. The highest BCUT2D eigenvalue weighted by atomic mass is 79.9. The Morgan fingerprint density at radius 3 is 2.72 bits per heavy atom. The molecule has 0 spiro atoms. The van der Waals surface area contributed by atoms with Gasteiger partial charge in [-0.25, -0.2) is 4.68 Å². The number of nitrogens with zero attached hydrogens (tertiary/aromatic N) is 2. The van der Waals surface area contributed by atoms with E-state index in [4.69, 9.17) is 0 Å². The zero-order valence-corrected chi connectivity index (χ0v) is 16.1. The van der Waals surface area contributed by atoms with Gasteiger partial charge in [-0.2, -0.15) is 5.10 Å². The molecule has 1 saturated carbocycles. The van der Waals surface area contributed by atoms with Gasteiger partial charge < -0.3 is 10.4 Å². The molecule has 6 nitrogen and oxygen atoms in total. The second kappa shape index (κ2) is 6.53. The van der Waals surface area contributed by atoms with Gasteiger partial charge in [-0.05, 0) is 37.8 Å². The quantitative estimate of drug-likeness (QED) is 0.814. The minimum absolute atomic E-state index is 0.0441. The maximum Gasteiger partial charge on any atom is 0.275 e. The van der Waals surface area contributed by atoms with E-state index in [9.17, 15) is 14.7 Å². The Morgan fingerprint density at radius 2 is 2.12 bits per heavy atom. The number of aromatic nitrogens is 2. The van der Waals surface area contributed by atoms with Gasteiger partial charge in [0.25, 0.3) is 5.56 Å². The van der Waals surface area contributed by atoms with E-state index in [0.717, 1.165) is 15.6 Å². The predicted molar refractivity (Wildman–Crippen MR) is 99.6 cm³/mol. The molecular weight excluding hydrogens is 386 g/mol. The van der Waals surface area contributed by atoms with Crippen LogP contribution in [-0.2, 0) is 11.3 Å². The Labute approximate surface area is 154 Å². The molecule has 1 amide bonds. The van der Waals surface area contributed by atoms with Crippen molar-refractivity contribution in [2.45, 2.75) is 57.7 Å². The molecule has 134 valence electrons. The summed E-state index contributed by atoms with van der Waals surface area (Å²) >= 11 is 3.39. The van der Waals surface area contributed by atoms with E-state index >= 15 is 0 Å². The van der Waals surface area contributed by atoms with Gasteiger partial charge in [0, 0.05) is 15.9 Å². The molecule has 1 aromatic carbocycles. The van der Waals surface area contributed by atoms with E-state index in [1.807, 2.05) is 26.0 Å². The van der Waals surface area contributed by atoms with Crippen molar-refractivity contribution in [1.29, 1.82) is 0 Å². The number of carbonyl (C=O) groups excluding carboxylic acids is 1. The molecule has 0 aliphatic heterocycles. The van der Waals surface area contributed by atoms with Gasteiger partial charge in [0.1, 0.15) is 6.54 Å². The molecular formula is C18H22BrN3O3. The molecule has 3 rings (SSSR count). The lowest BCUT2D eigenvalue weighted by molar-refractivity contribution is -0.125. The number of fused-ring (bicyclic) bond motifs is 1. The predicted octanol–water partition coefficient (Wildman–Crippen LogP) is 2.31. The van der Waals surface area contributed by atoms with Gasteiger partial charge in [0.05, 0.1) is 16.7 Å². The van der Waals surface area contributed by atoms with Gasteiger partial charge >= 0.3 is 0 Å². The van der Waals surface area contributed by atoms with Crippen molar-refractivity contribution in [3.05, 3.63) is 38.7 Å². The Hall–Kier alpha value is -1.73. The first-order chi connectivity index (χ1) is 11.7. The van der Waals surface area contributed by atoms with Crippen LogP contribution in [0.2, 0.25) is 0 Å². The summed E-state index contributed by atoms with van der Waals surface area (Å²) in [4.78, 5) is 25.0. The second-order valence-electron chi connectivity index (χ2n) is 7.36. The average Bonchev–Trinajstić information content (AvgIpc) is 2.48. The third-order valence-electron chi connectivity index (χ3n) is 4.53. The highest BCUT2D eigenvalue weighted by Crippen LogP contribution is 2.31. The van der Waals surface area contributed by atoms with Crippen molar-refractivity contribution in [3.63, 3.8) is 0 Å². The lowest BCUT2D eigenvalue weighted by Gasteiger charge is -2.41. The van der Waals surface area contributed by atoms with E-state index in [1.54, 1.807) is 13.0 Å². The first-order valence-electron chi connectivity index (χ1n) is 8.38. The molecule has 1 aliphatic rings. The number of amides is 1. The van der Waals surface area contributed by atoms with Gasteiger partial charge in [-0.1, -0.05) is 35.8 Å². The summed E-state index contributed by atoms with van der Waals surface area (Å²) in [6, 6.07) is 5.49. The highest BCUT2D eigenvalue weighted by molar-refractivity contribution is 9.10. The fourth-order valence-electron chi connectivity index (χ4n) is 3.33. The second-order valence-corrected chi connectivity index (χ2v) is 8.28. The number of hydrogen-bond acceptors (Lipinski definition) is 4. The van der Waals surface area contributed by atoms with E-state index in [0.29, 0.717) is 18.2 Å². The molecule has 7 heteroatoms. The first kappa shape index (κ1) is 18.1. The monoisotopic (exact) mass is 407 g/mol. The Bertz CT molecular complexity index is 881. The molecule has 1 heterocycles. The van der Waals surface area contributed by atoms with Gasteiger partial charge in [-0.15, -0.1) is 0 Å². The zero-order valence-electron chi connectivity index (χ0n) is 14.5. The van der Waals surface area contributed by atoms with Crippen molar-refractivity contribution in [2.75, 3.05) is 0 Å². The SMILES string of the molecule is CC(C)c1nn(CC(=O)N[C@H]2C[C@](C)(O)C2)c(=O)c2cc(Br)ccc12. The van der Waals surface area contributed by atoms with Crippen LogP contribution >= 0.6 is 15.9 Å². The summed E-state index contributed by atoms with van der Waals surface area (Å²) < 4.78 is 2.04. The maximum absolute atomic E-state index is 12.7. The summed E-state index contributed by atoms with van der Waals surface area (Å²) in [6.07, 6.45) is 1.06. The van der Waals surface area contributed by atoms with Crippen molar-refractivity contribution >= 4 is 32.6 Å². The van der Waals surface area contributed by atoms with Crippen LogP contribution in [0.15, 0.2) is 27.5 Å². The van der Waals surface area contributed by atoms with E-state index in [1.165, 1.54) is 4.68 Å². The molecule has 0 bridgehead atoms. The van der Waals surface area contributed by atoms with Gasteiger partial charge in [0.15, 0.2) is 0 Å². The maximum atomic E-state index is 12.7. The zero-order chi connectivity index (χ0) is 18.4. The summed E-state index contributed by atoms with van der Waals surface area (Å²) in [5.74, 6) is -0.139. The third-order valence-corrected chi connectivity index (χ3v) is 5.02. The number of nitrogens with one attached hydrogen (secondary N) is 1. The van der Waals surface area contributed by atoms with Gasteiger partial charge in [-0.3, -0.25) is 9.59 Å². The van der Waals surface area contributed by atoms with Crippen molar-refractivity contribution in [2.24, 2.45) is 0 Å². The average molecular weight is 408 g/mol. The molecule has 2 aromatic rings. The van der Waals surface area contributed by atoms with Crippen LogP contribution < -0.4 is 10.9 Å². The van der Waals surface area contributed by atoms with Crippen molar-refractivity contribution in [3.8, 4) is 0 Å². The van der Waals surface area contributed by atoms with Crippen LogP contribution in [0.4, 0.5) is 0 Å². The highest BCUT2D eigenvalue weighted by Gasteiger charge is 2.39. The third kappa shape index (κ3) is 3.77. The van der Waals surface area contributed by atoms with Crippen molar-refractivity contribution < 1.29 is 9.90 Å². The van der Waals surface area contributed by atoms with E-state index in [2.05, 4.69) is 26.3 Å². The number of halogens is 1. The molecule has 1 aromatic heterocycles. The van der Waals surface area contributed by atoms with Crippen molar-refractivity contribution in [1.82, 2.24) is 15.1 Å². The van der Waals surface area contributed by atoms with Crippen LogP contribution in [0.5, 0.6) is 0 Å². The Balaban J connectivity index is 1.89. The normalized spacial score (nSPS) is 22.9. The lowest BCUT2D eigenvalue weighted by Crippen LogP contribution is -2.54. The molecule has 25 heavy (non-hydrogen) atoms. The lowest BCUT2D eigenvalue weighted by atomic mass is 9.77. The summed E-state index contributed by atoms with van der Waals surface area (Å²) in [7, 11) is 0. The van der Waals surface area contributed by atoms with Crippen LogP contribution in [-0.4, -0.2) is 32.4 Å². The largest absolute Gasteiger partial charge is 0.390 e. The number of carbonyl (C=O) groups is 1. The molecule has 0 unspecified atom stereocenters. The number of rotatable bonds is 4. The Kier molecular flexibility index (Phi) is 4.72. The number of hydrogen-bond donors (Lipinski definition) is 2. The first-order valence-corrected chi connectivity index (χ1v) is 9.17. The summed E-state index contributed by atoms with van der Waals surface area (Å²) in [5, 5.41) is 18.4. The molecule has 1 aliphatic carbocycles. The summed E-state index contributed by atoms with van der Waals surface area (Å²) in [5.41, 5.74) is -0.189.